The maximum atomic E-state index is 12.3. The lowest BCUT2D eigenvalue weighted by Gasteiger charge is -2.27. The quantitative estimate of drug-likeness (QED) is 0.426. The lowest BCUT2D eigenvalue weighted by Crippen LogP contribution is -2.77. The number of hydrogen-bond acceptors (Lipinski definition) is 3. The van der Waals surface area contributed by atoms with Crippen LogP contribution in [0.5, 0.6) is 5.75 Å². The number of anilines is 1. The van der Waals surface area contributed by atoms with Gasteiger partial charge >= 0.3 is 18.0 Å². The van der Waals surface area contributed by atoms with E-state index in [1.54, 1.807) is 0 Å². The molecular weight excluding hydrogens is 469 g/mol. The van der Waals surface area contributed by atoms with Gasteiger partial charge in [-0.2, -0.15) is 13.2 Å². The maximum Gasteiger partial charge on any atom is 0.448 e. The van der Waals surface area contributed by atoms with Crippen molar-refractivity contribution in [2.75, 3.05) is 31.1 Å². The van der Waals surface area contributed by atoms with E-state index in [-0.39, 0.29) is 11.8 Å². The number of alkyl halides is 3. The fourth-order valence-corrected chi connectivity index (χ4v) is 4.71. The molecule has 1 aliphatic carbocycles. The molecular formula is C27H35F3N4O2+2. The van der Waals surface area contributed by atoms with Gasteiger partial charge in [0, 0.05) is 5.56 Å². The first-order valence-electron chi connectivity index (χ1n) is 12.7. The number of rotatable bonds is 8. The molecule has 1 fully saturated rings. The first-order valence-corrected chi connectivity index (χ1v) is 12.7. The number of halogens is 3. The number of aliphatic hydroxyl groups excluding tert-OH is 1. The van der Waals surface area contributed by atoms with E-state index in [1.807, 2.05) is 42.7 Å². The molecule has 0 saturated carbocycles. The van der Waals surface area contributed by atoms with Gasteiger partial charge in [-0.1, -0.05) is 30.1 Å². The van der Waals surface area contributed by atoms with Gasteiger partial charge in [0.05, 0.1) is 31.8 Å². The SMILES string of the molecule is CCc1cnc(N2CCC(COc3ccc(C4=CCC(C(O)=[NH+]CC(F)(F)F)CC4)cc3)CC2)[nH+]c1. The molecule has 1 atom stereocenters. The number of H-pyrrole nitrogens is 1. The molecule has 0 radical (unpaired) electrons. The molecule has 2 aliphatic rings. The highest BCUT2D eigenvalue weighted by molar-refractivity contribution is 5.74. The van der Waals surface area contributed by atoms with Crippen molar-refractivity contribution in [3.8, 4) is 5.75 Å². The Morgan fingerprint density at radius 3 is 2.53 bits per heavy atom. The Bertz CT molecular complexity index is 1040. The van der Waals surface area contributed by atoms with E-state index in [9.17, 15) is 18.3 Å². The minimum atomic E-state index is -4.35. The number of nitrogens with zero attached hydrogens (tertiary/aromatic N) is 2. The monoisotopic (exact) mass is 504 g/mol. The molecule has 3 N–H and O–H groups in total. The first-order chi connectivity index (χ1) is 17.3. The Morgan fingerprint density at radius 2 is 1.94 bits per heavy atom. The number of allylic oxidation sites excluding steroid dienone is 2. The molecule has 4 rings (SSSR count). The van der Waals surface area contributed by atoms with Crippen molar-refractivity contribution in [2.45, 2.75) is 51.6 Å². The first kappa shape index (κ1) is 26.0. The van der Waals surface area contributed by atoms with Crippen LogP contribution in [0.4, 0.5) is 19.1 Å². The summed E-state index contributed by atoms with van der Waals surface area (Å²) in [4.78, 5) is 12.2. The second kappa shape index (κ2) is 11.8. The topological polar surface area (TPSA) is 73.7 Å². The predicted molar refractivity (Wildman–Crippen MR) is 132 cm³/mol. The highest BCUT2D eigenvalue weighted by Crippen LogP contribution is 2.31. The fourth-order valence-electron chi connectivity index (χ4n) is 4.71. The van der Waals surface area contributed by atoms with Crippen molar-refractivity contribution < 1.29 is 33.0 Å². The number of nitrogens with one attached hydrogen (secondary N) is 2. The third kappa shape index (κ3) is 7.21. The molecule has 9 heteroatoms. The number of benzene rings is 1. The summed E-state index contributed by atoms with van der Waals surface area (Å²) in [6.45, 7) is 3.49. The van der Waals surface area contributed by atoms with E-state index in [0.717, 1.165) is 55.2 Å². The summed E-state index contributed by atoms with van der Waals surface area (Å²) >= 11 is 0. The summed E-state index contributed by atoms with van der Waals surface area (Å²) in [7, 11) is 0. The van der Waals surface area contributed by atoms with Crippen LogP contribution in [0.1, 0.15) is 50.2 Å². The minimum Gasteiger partial charge on any atom is -0.493 e. The van der Waals surface area contributed by atoms with Crippen molar-refractivity contribution in [3.63, 3.8) is 0 Å². The summed E-state index contributed by atoms with van der Waals surface area (Å²) in [6, 6.07) is 7.99. The van der Waals surface area contributed by atoms with Gasteiger partial charge in [-0.3, -0.25) is 4.90 Å². The molecule has 6 nitrogen and oxygen atoms in total. The van der Waals surface area contributed by atoms with Crippen LogP contribution in [0.2, 0.25) is 0 Å². The number of aromatic amines is 1. The second-order valence-electron chi connectivity index (χ2n) is 9.62. The van der Waals surface area contributed by atoms with Crippen molar-refractivity contribution in [3.05, 3.63) is 53.9 Å². The lowest BCUT2D eigenvalue weighted by molar-refractivity contribution is -0.509. The summed E-state index contributed by atoms with van der Waals surface area (Å²) in [6.07, 6.45) is 6.53. The molecule has 2 aromatic rings. The Balaban J connectivity index is 1.22. The average molecular weight is 505 g/mol. The fraction of sp³-hybridized carbons (Fsp3) is 0.519. The van der Waals surface area contributed by atoms with Gasteiger partial charge in [-0.05, 0) is 67.7 Å². The number of piperidine rings is 1. The van der Waals surface area contributed by atoms with Gasteiger partial charge in [0.1, 0.15) is 11.9 Å². The van der Waals surface area contributed by atoms with Crippen LogP contribution in [0.3, 0.4) is 0 Å². The zero-order chi connectivity index (χ0) is 25.5. The van der Waals surface area contributed by atoms with E-state index >= 15 is 0 Å². The standard InChI is InChI=1S/C27H33F3N4O2/c1-2-19-15-31-26(32-16-19)34-13-11-20(12-14-34)17-36-24-9-7-22(8-10-24)21-3-5-23(6-4-21)25(35)33-18-27(28,29)30/h3,7-10,15-16,20,23H,2,4-6,11-14,17-18H2,1H3,(H,33,35)/p+2. The number of ether oxygens (including phenoxy) is 1. The van der Waals surface area contributed by atoms with Crippen LogP contribution in [0.25, 0.3) is 5.57 Å². The third-order valence-electron chi connectivity index (χ3n) is 7.04. The van der Waals surface area contributed by atoms with Crippen LogP contribution in [-0.4, -0.2) is 48.4 Å². The third-order valence-corrected chi connectivity index (χ3v) is 7.04. The van der Waals surface area contributed by atoms with Gasteiger partial charge in [0.25, 0.3) is 0 Å². The van der Waals surface area contributed by atoms with Gasteiger partial charge in [-0.25, -0.2) is 9.98 Å². The Hall–Kier alpha value is -3.10. The maximum absolute atomic E-state index is 12.3. The lowest BCUT2D eigenvalue weighted by atomic mass is 9.86. The summed E-state index contributed by atoms with van der Waals surface area (Å²) < 4.78 is 43.1. The molecule has 194 valence electrons. The van der Waals surface area contributed by atoms with Crippen LogP contribution in [0.15, 0.2) is 42.7 Å². The van der Waals surface area contributed by atoms with E-state index in [0.29, 0.717) is 31.8 Å². The summed E-state index contributed by atoms with van der Waals surface area (Å²) in [5, 5.41) is 9.94. The molecule has 1 aromatic carbocycles. The normalized spacial score (nSPS) is 19.8. The second-order valence-corrected chi connectivity index (χ2v) is 9.62. The van der Waals surface area contributed by atoms with Gasteiger partial charge in [0.15, 0.2) is 0 Å². The number of aliphatic hydroxyl groups is 1. The van der Waals surface area contributed by atoms with Crippen molar-refractivity contribution in [1.82, 2.24) is 4.98 Å². The summed E-state index contributed by atoms with van der Waals surface area (Å²) in [5.74, 6) is 1.69. The van der Waals surface area contributed by atoms with Crippen LogP contribution >= 0.6 is 0 Å². The number of aryl methyl sites for hydroxylation is 1. The zero-order valence-electron chi connectivity index (χ0n) is 20.7. The van der Waals surface area contributed by atoms with Crippen LogP contribution in [0, 0.1) is 11.8 Å². The molecule has 0 amide bonds. The molecule has 1 aromatic heterocycles. The van der Waals surface area contributed by atoms with E-state index in [4.69, 9.17) is 4.74 Å². The molecule has 1 saturated heterocycles. The number of aromatic nitrogens is 2. The van der Waals surface area contributed by atoms with Crippen LogP contribution < -0.4 is 19.6 Å². The Kier molecular flexibility index (Phi) is 8.48. The average Bonchev–Trinajstić information content (AvgIpc) is 2.91. The Labute approximate surface area is 209 Å². The minimum absolute atomic E-state index is 0.277. The highest BCUT2D eigenvalue weighted by Gasteiger charge is 2.33. The summed E-state index contributed by atoms with van der Waals surface area (Å²) in [5.41, 5.74) is 3.42. The highest BCUT2D eigenvalue weighted by atomic mass is 19.4. The molecule has 2 heterocycles. The zero-order valence-corrected chi connectivity index (χ0v) is 20.7. The van der Waals surface area contributed by atoms with Gasteiger partial charge in [0.2, 0.25) is 6.54 Å². The van der Waals surface area contributed by atoms with Crippen LogP contribution in [-0.2, 0) is 6.42 Å². The molecule has 36 heavy (non-hydrogen) atoms. The Morgan fingerprint density at radius 1 is 1.19 bits per heavy atom. The van der Waals surface area contributed by atoms with Crippen molar-refractivity contribution >= 4 is 17.4 Å². The van der Waals surface area contributed by atoms with E-state index in [2.05, 4.69) is 26.8 Å². The molecule has 1 aliphatic heterocycles. The number of hydrogen-bond donors (Lipinski definition) is 2. The van der Waals surface area contributed by atoms with Gasteiger partial charge < -0.3 is 9.84 Å². The smallest absolute Gasteiger partial charge is 0.448 e. The van der Waals surface area contributed by atoms with Gasteiger partial charge in [-0.15, -0.1) is 0 Å². The molecule has 0 spiro atoms. The van der Waals surface area contributed by atoms with Crippen molar-refractivity contribution in [2.24, 2.45) is 11.8 Å². The predicted octanol–water partition coefficient (Wildman–Crippen LogP) is 3.54. The largest absolute Gasteiger partial charge is 0.493 e. The van der Waals surface area contributed by atoms with E-state index in [1.165, 1.54) is 5.56 Å². The van der Waals surface area contributed by atoms with Crippen molar-refractivity contribution in [1.29, 1.82) is 0 Å². The molecule has 1 unspecified atom stereocenters. The van der Waals surface area contributed by atoms with E-state index < -0.39 is 12.7 Å². The molecule has 0 bridgehead atoms.